The molecule has 0 aliphatic rings. The fourth-order valence-corrected chi connectivity index (χ4v) is 2.01. The lowest BCUT2D eigenvalue weighted by Crippen LogP contribution is -2.33. The molecule has 0 N–H and O–H groups in total. The van der Waals surface area contributed by atoms with Crippen LogP contribution >= 0.6 is 0 Å². The van der Waals surface area contributed by atoms with Crippen LogP contribution in [-0.4, -0.2) is 42.4 Å². The first-order valence-electron chi connectivity index (χ1n) is 6.77. The second-order valence-corrected chi connectivity index (χ2v) is 5.29. The van der Waals surface area contributed by atoms with Crippen molar-refractivity contribution in [3.8, 4) is 0 Å². The molecule has 124 valence electrons. The fraction of sp³-hybridized carbons (Fsp3) is 0.333. The van der Waals surface area contributed by atoms with Crippen molar-refractivity contribution in [3.63, 3.8) is 0 Å². The molecule has 0 saturated heterocycles. The van der Waals surface area contributed by atoms with E-state index in [2.05, 4.69) is 4.84 Å². The first-order valence-corrected chi connectivity index (χ1v) is 6.77. The number of halogens is 3. The molecule has 1 aromatic heterocycles. The minimum Gasteiger partial charge on any atom is -0.328 e. The number of nitrogens with zero attached hydrogens (tertiary/aromatic N) is 2. The summed E-state index contributed by atoms with van der Waals surface area (Å²) in [5, 5.41) is 0.193. The van der Waals surface area contributed by atoms with Crippen molar-refractivity contribution in [1.82, 2.24) is 9.63 Å². The van der Waals surface area contributed by atoms with Crippen LogP contribution in [-0.2, 0) is 11.2 Å². The van der Waals surface area contributed by atoms with Gasteiger partial charge in [-0.05, 0) is 38.2 Å². The number of rotatable bonds is 4. The molecule has 23 heavy (non-hydrogen) atoms. The van der Waals surface area contributed by atoms with Gasteiger partial charge in [0, 0.05) is 24.2 Å². The van der Waals surface area contributed by atoms with E-state index in [9.17, 15) is 22.8 Å². The van der Waals surface area contributed by atoms with Gasteiger partial charge in [-0.3, -0.25) is 4.79 Å². The second kappa shape index (κ2) is 6.41. The average Bonchev–Trinajstić information content (AvgIpc) is 2.47. The summed E-state index contributed by atoms with van der Waals surface area (Å²) in [6, 6.07) is 5.80. The van der Waals surface area contributed by atoms with Gasteiger partial charge in [0.25, 0.3) is 0 Å². The third-order valence-corrected chi connectivity index (χ3v) is 3.19. The maximum absolute atomic E-state index is 12.3. The van der Waals surface area contributed by atoms with Gasteiger partial charge in [-0.25, -0.2) is 4.79 Å². The summed E-state index contributed by atoms with van der Waals surface area (Å²) in [6.07, 6.45) is -3.44. The lowest BCUT2D eigenvalue weighted by atomic mass is 10.1. The Bertz CT molecular complexity index is 782. The van der Waals surface area contributed by atoms with E-state index in [1.807, 2.05) is 19.0 Å². The largest absolute Gasteiger partial charge is 0.493 e. The van der Waals surface area contributed by atoms with Crippen molar-refractivity contribution < 1.29 is 22.8 Å². The van der Waals surface area contributed by atoms with Crippen LogP contribution in [0.1, 0.15) is 5.56 Å². The normalized spacial score (nSPS) is 11.9. The first-order chi connectivity index (χ1) is 10.7. The van der Waals surface area contributed by atoms with Crippen molar-refractivity contribution in [1.29, 1.82) is 0 Å². The molecule has 0 fully saturated rings. The number of hydrogen-bond donors (Lipinski definition) is 0. The summed E-state index contributed by atoms with van der Waals surface area (Å²) in [6.45, 7) is 0.760. The summed E-state index contributed by atoms with van der Waals surface area (Å²) < 4.78 is 37.6. The average molecular weight is 328 g/mol. The number of hydrogen-bond acceptors (Lipinski definition) is 4. The highest BCUT2D eigenvalue weighted by atomic mass is 19.4. The Kier molecular flexibility index (Phi) is 4.74. The number of pyridine rings is 1. The molecule has 0 saturated carbocycles. The number of carbonyl (C=O) groups is 1. The van der Waals surface area contributed by atoms with Gasteiger partial charge in [0.2, 0.25) is 0 Å². The molecule has 1 heterocycles. The molecule has 0 atom stereocenters. The predicted molar refractivity (Wildman–Crippen MR) is 78.1 cm³/mol. The number of likely N-dealkylation sites (N-methyl/N-ethyl adjacent to an activating group) is 1. The molecule has 0 amide bonds. The van der Waals surface area contributed by atoms with Crippen LogP contribution in [0.2, 0.25) is 0 Å². The molecule has 0 spiro atoms. The molecule has 0 bridgehead atoms. The van der Waals surface area contributed by atoms with Crippen LogP contribution in [0.25, 0.3) is 10.9 Å². The number of benzene rings is 1. The fourth-order valence-electron chi connectivity index (χ4n) is 2.01. The third kappa shape index (κ3) is 4.10. The SMILES string of the molecule is CN(C)CCc1ccc2c(c1)c(=O)ccn2OC(=O)C(F)(F)F. The van der Waals surface area contributed by atoms with Gasteiger partial charge < -0.3 is 9.74 Å². The third-order valence-electron chi connectivity index (χ3n) is 3.19. The Hall–Kier alpha value is -2.35. The monoisotopic (exact) mass is 328 g/mol. The van der Waals surface area contributed by atoms with E-state index in [0.29, 0.717) is 11.2 Å². The van der Waals surface area contributed by atoms with Crippen LogP contribution in [0.4, 0.5) is 13.2 Å². The second-order valence-electron chi connectivity index (χ2n) is 5.29. The van der Waals surface area contributed by atoms with Crippen LogP contribution in [0.15, 0.2) is 35.3 Å². The molecule has 1 aromatic carbocycles. The lowest BCUT2D eigenvalue weighted by Gasteiger charge is -2.13. The molecule has 8 heteroatoms. The van der Waals surface area contributed by atoms with E-state index in [4.69, 9.17) is 0 Å². The summed E-state index contributed by atoms with van der Waals surface area (Å²) in [4.78, 5) is 29.1. The lowest BCUT2D eigenvalue weighted by molar-refractivity contribution is -0.199. The van der Waals surface area contributed by atoms with Crippen LogP contribution in [0, 0.1) is 0 Å². The Morgan fingerprint density at radius 2 is 1.96 bits per heavy atom. The predicted octanol–water partition coefficient (Wildman–Crippen LogP) is 1.62. The number of aromatic nitrogens is 1. The van der Waals surface area contributed by atoms with Crippen LogP contribution in [0.5, 0.6) is 0 Å². The number of alkyl halides is 3. The highest BCUT2D eigenvalue weighted by Gasteiger charge is 2.42. The maximum atomic E-state index is 12.3. The zero-order valence-corrected chi connectivity index (χ0v) is 12.6. The smallest absolute Gasteiger partial charge is 0.328 e. The Morgan fingerprint density at radius 3 is 2.57 bits per heavy atom. The molecule has 0 aliphatic heterocycles. The minimum absolute atomic E-state index is 0.101. The quantitative estimate of drug-likeness (QED) is 0.856. The van der Waals surface area contributed by atoms with E-state index in [-0.39, 0.29) is 16.3 Å². The highest BCUT2D eigenvalue weighted by Crippen LogP contribution is 2.17. The van der Waals surface area contributed by atoms with E-state index in [1.165, 1.54) is 6.07 Å². The Balaban J connectivity index is 2.39. The molecule has 0 radical (unpaired) electrons. The summed E-state index contributed by atoms with van der Waals surface area (Å²) in [5.74, 6) is -2.35. The van der Waals surface area contributed by atoms with Gasteiger partial charge in [0.15, 0.2) is 5.43 Å². The Morgan fingerprint density at radius 1 is 1.26 bits per heavy atom. The van der Waals surface area contributed by atoms with E-state index < -0.39 is 12.1 Å². The summed E-state index contributed by atoms with van der Waals surface area (Å²) in [5.41, 5.74) is 0.609. The number of fused-ring (bicyclic) bond motifs is 1. The van der Waals surface area contributed by atoms with Gasteiger partial charge in [-0.15, -0.1) is 0 Å². The molecule has 0 aliphatic carbocycles. The van der Waals surface area contributed by atoms with Gasteiger partial charge >= 0.3 is 12.1 Å². The van der Waals surface area contributed by atoms with Crippen molar-refractivity contribution in [2.45, 2.75) is 12.6 Å². The van der Waals surface area contributed by atoms with Gasteiger partial charge in [-0.2, -0.15) is 17.9 Å². The molecule has 0 unspecified atom stereocenters. The van der Waals surface area contributed by atoms with Gasteiger partial charge in [-0.1, -0.05) is 6.07 Å². The minimum atomic E-state index is -5.11. The number of carbonyl (C=O) groups excluding carboxylic acids is 1. The highest BCUT2D eigenvalue weighted by molar-refractivity contribution is 5.81. The Labute approximate surface area is 129 Å². The molecule has 5 nitrogen and oxygen atoms in total. The van der Waals surface area contributed by atoms with Crippen molar-refractivity contribution >= 4 is 16.9 Å². The van der Waals surface area contributed by atoms with Crippen LogP contribution < -0.4 is 10.3 Å². The topological polar surface area (TPSA) is 51.5 Å². The first kappa shape index (κ1) is 17.0. The molecular weight excluding hydrogens is 313 g/mol. The zero-order valence-electron chi connectivity index (χ0n) is 12.6. The van der Waals surface area contributed by atoms with E-state index in [1.54, 1.807) is 12.1 Å². The van der Waals surface area contributed by atoms with Crippen molar-refractivity contribution in [2.75, 3.05) is 20.6 Å². The van der Waals surface area contributed by atoms with Crippen molar-refractivity contribution in [3.05, 3.63) is 46.2 Å². The van der Waals surface area contributed by atoms with E-state index in [0.717, 1.165) is 24.4 Å². The van der Waals surface area contributed by atoms with Gasteiger partial charge in [0.1, 0.15) is 0 Å². The molecular formula is C15H15F3N2O3. The maximum Gasteiger partial charge on any atom is 0.493 e. The van der Waals surface area contributed by atoms with Crippen LogP contribution in [0.3, 0.4) is 0 Å². The summed E-state index contributed by atoms with van der Waals surface area (Å²) >= 11 is 0. The molecule has 2 aromatic rings. The zero-order chi connectivity index (χ0) is 17.2. The van der Waals surface area contributed by atoms with Crippen molar-refractivity contribution in [2.24, 2.45) is 0 Å². The van der Waals surface area contributed by atoms with E-state index >= 15 is 0 Å². The molecule has 2 rings (SSSR count). The standard InChI is InChI=1S/C15H15F3N2O3/c1-19(2)7-5-10-3-4-12-11(9-10)13(21)6-8-20(12)23-14(22)15(16,17)18/h3-4,6,8-9H,5,7H2,1-2H3. The summed E-state index contributed by atoms with van der Waals surface area (Å²) in [7, 11) is 3.81. The van der Waals surface area contributed by atoms with Gasteiger partial charge in [0.05, 0.1) is 5.52 Å².